The van der Waals surface area contributed by atoms with Gasteiger partial charge in [-0.1, -0.05) is 12.1 Å². The molecule has 1 heterocycles. The molecule has 1 aliphatic rings. The highest BCUT2D eigenvalue weighted by Crippen LogP contribution is 2.29. The summed E-state index contributed by atoms with van der Waals surface area (Å²) in [6.07, 6.45) is 1.10. The molecule has 0 atom stereocenters. The molecule has 0 aliphatic carbocycles. The van der Waals surface area contributed by atoms with Crippen molar-refractivity contribution in [3.05, 3.63) is 29.8 Å². The average Bonchev–Trinajstić information content (AvgIpc) is 2.58. The van der Waals surface area contributed by atoms with Gasteiger partial charge in [-0.3, -0.25) is 4.90 Å². The maximum absolute atomic E-state index is 5.87. The second-order valence-electron chi connectivity index (χ2n) is 5.14. The van der Waals surface area contributed by atoms with Gasteiger partial charge in [0.15, 0.2) is 0 Å². The zero-order chi connectivity index (χ0) is 12.3. The standard InChI is InChI=1S/C14H22N2O/c1-14(2,12-5-3-6-13(15)11-12)16-7-4-9-17-10-8-16/h3,5-6,11H,4,7-10,15H2,1-2H3. The summed E-state index contributed by atoms with van der Waals surface area (Å²) in [5.41, 5.74) is 8.00. The summed E-state index contributed by atoms with van der Waals surface area (Å²) in [6, 6.07) is 8.19. The molecule has 0 radical (unpaired) electrons. The van der Waals surface area contributed by atoms with Crippen molar-refractivity contribution in [1.82, 2.24) is 4.90 Å². The van der Waals surface area contributed by atoms with Crippen LogP contribution in [0.1, 0.15) is 25.8 Å². The summed E-state index contributed by atoms with van der Waals surface area (Å²) in [5.74, 6) is 0. The van der Waals surface area contributed by atoms with E-state index in [1.165, 1.54) is 5.56 Å². The fourth-order valence-electron chi connectivity index (χ4n) is 2.41. The van der Waals surface area contributed by atoms with E-state index in [2.05, 4.69) is 30.9 Å². The Balaban J connectivity index is 2.21. The van der Waals surface area contributed by atoms with Gasteiger partial charge in [-0.2, -0.15) is 0 Å². The zero-order valence-electron chi connectivity index (χ0n) is 10.8. The normalized spacial score (nSPS) is 18.9. The Morgan fingerprint density at radius 2 is 2.06 bits per heavy atom. The van der Waals surface area contributed by atoms with E-state index in [0.29, 0.717) is 0 Å². The van der Waals surface area contributed by atoms with Crippen molar-refractivity contribution < 1.29 is 4.74 Å². The first kappa shape index (κ1) is 12.4. The van der Waals surface area contributed by atoms with Gasteiger partial charge in [-0.15, -0.1) is 0 Å². The Morgan fingerprint density at radius 1 is 1.24 bits per heavy atom. The number of hydrogen-bond acceptors (Lipinski definition) is 3. The molecule has 1 aromatic carbocycles. The summed E-state index contributed by atoms with van der Waals surface area (Å²) in [4.78, 5) is 2.48. The van der Waals surface area contributed by atoms with Crippen LogP contribution in [0.25, 0.3) is 0 Å². The summed E-state index contributed by atoms with van der Waals surface area (Å²) in [5, 5.41) is 0. The molecular weight excluding hydrogens is 212 g/mol. The summed E-state index contributed by atoms with van der Waals surface area (Å²) in [6.45, 7) is 8.29. The van der Waals surface area contributed by atoms with Gasteiger partial charge in [0.05, 0.1) is 6.61 Å². The Bertz CT molecular complexity index is 368. The van der Waals surface area contributed by atoms with E-state index in [4.69, 9.17) is 10.5 Å². The Labute approximate surface area is 104 Å². The van der Waals surface area contributed by atoms with E-state index < -0.39 is 0 Å². The molecule has 2 N–H and O–H groups in total. The minimum Gasteiger partial charge on any atom is -0.399 e. The minimum absolute atomic E-state index is 0.0169. The van der Waals surface area contributed by atoms with Crippen molar-refractivity contribution in [3.63, 3.8) is 0 Å². The molecule has 1 fully saturated rings. The lowest BCUT2D eigenvalue weighted by atomic mass is 9.91. The predicted molar refractivity (Wildman–Crippen MR) is 70.9 cm³/mol. The number of nitrogens with zero attached hydrogens (tertiary/aromatic N) is 1. The number of nitrogen functional groups attached to an aromatic ring is 1. The van der Waals surface area contributed by atoms with Crippen LogP contribution in [0.2, 0.25) is 0 Å². The lowest BCUT2D eigenvalue weighted by Crippen LogP contribution is -2.43. The maximum Gasteiger partial charge on any atom is 0.0593 e. The van der Waals surface area contributed by atoms with Gasteiger partial charge in [0.25, 0.3) is 0 Å². The van der Waals surface area contributed by atoms with Gasteiger partial charge in [0.1, 0.15) is 0 Å². The largest absolute Gasteiger partial charge is 0.399 e. The predicted octanol–water partition coefficient (Wildman–Crippen LogP) is 2.23. The molecule has 0 unspecified atom stereocenters. The Hall–Kier alpha value is -1.06. The molecule has 2 rings (SSSR count). The van der Waals surface area contributed by atoms with Crippen LogP contribution in [0.4, 0.5) is 5.69 Å². The molecule has 0 amide bonds. The van der Waals surface area contributed by atoms with Gasteiger partial charge in [0.2, 0.25) is 0 Å². The third-order valence-electron chi connectivity index (χ3n) is 3.61. The third kappa shape index (κ3) is 2.79. The average molecular weight is 234 g/mol. The number of nitrogens with two attached hydrogens (primary N) is 1. The molecule has 0 aromatic heterocycles. The summed E-state index contributed by atoms with van der Waals surface area (Å²) < 4.78 is 5.51. The van der Waals surface area contributed by atoms with Crippen molar-refractivity contribution in [3.8, 4) is 0 Å². The van der Waals surface area contributed by atoms with Gasteiger partial charge < -0.3 is 10.5 Å². The third-order valence-corrected chi connectivity index (χ3v) is 3.61. The van der Waals surface area contributed by atoms with Crippen LogP contribution in [-0.2, 0) is 10.3 Å². The number of anilines is 1. The first-order chi connectivity index (χ1) is 8.10. The molecule has 94 valence electrons. The molecule has 0 bridgehead atoms. The highest BCUT2D eigenvalue weighted by atomic mass is 16.5. The van der Waals surface area contributed by atoms with Gasteiger partial charge >= 0.3 is 0 Å². The van der Waals surface area contributed by atoms with Crippen LogP contribution in [0, 0.1) is 0 Å². The molecule has 0 saturated carbocycles. The molecule has 0 spiro atoms. The highest BCUT2D eigenvalue weighted by Gasteiger charge is 2.29. The highest BCUT2D eigenvalue weighted by molar-refractivity contribution is 5.42. The fourth-order valence-corrected chi connectivity index (χ4v) is 2.41. The van der Waals surface area contributed by atoms with E-state index in [1.807, 2.05) is 12.1 Å². The van der Waals surface area contributed by atoms with Gasteiger partial charge in [0, 0.05) is 30.9 Å². The van der Waals surface area contributed by atoms with Gasteiger partial charge in [-0.25, -0.2) is 0 Å². The summed E-state index contributed by atoms with van der Waals surface area (Å²) >= 11 is 0. The molecule has 3 nitrogen and oxygen atoms in total. The second-order valence-corrected chi connectivity index (χ2v) is 5.14. The van der Waals surface area contributed by atoms with Crippen LogP contribution in [0.15, 0.2) is 24.3 Å². The van der Waals surface area contributed by atoms with E-state index in [1.54, 1.807) is 0 Å². The maximum atomic E-state index is 5.87. The Kier molecular flexibility index (Phi) is 3.69. The molecule has 17 heavy (non-hydrogen) atoms. The van der Waals surface area contributed by atoms with Crippen molar-refractivity contribution in [2.24, 2.45) is 0 Å². The lowest BCUT2D eigenvalue weighted by Gasteiger charge is -2.38. The molecule has 1 aromatic rings. The monoisotopic (exact) mass is 234 g/mol. The van der Waals surface area contributed by atoms with Crippen molar-refractivity contribution in [2.75, 3.05) is 32.0 Å². The Morgan fingerprint density at radius 3 is 2.82 bits per heavy atom. The molecule has 1 saturated heterocycles. The number of ether oxygens (including phenoxy) is 1. The first-order valence-electron chi connectivity index (χ1n) is 6.29. The van der Waals surface area contributed by atoms with E-state index in [9.17, 15) is 0 Å². The topological polar surface area (TPSA) is 38.5 Å². The van der Waals surface area contributed by atoms with Crippen LogP contribution < -0.4 is 5.73 Å². The first-order valence-corrected chi connectivity index (χ1v) is 6.29. The van der Waals surface area contributed by atoms with Crippen molar-refractivity contribution in [1.29, 1.82) is 0 Å². The van der Waals surface area contributed by atoms with Gasteiger partial charge in [-0.05, 0) is 38.0 Å². The van der Waals surface area contributed by atoms with Crippen molar-refractivity contribution >= 4 is 5.69 Å². The lowest BCUT2D eigenvalue weighted by molar-refractivity contribution is 0.0996. The number of rotatable bonds is 2. The smallest absolute Gasteiger partial charge is 0.0593 e. The minimum atomic E-state index is 0.0169. The quantitative estimate of drug-likeness (QED) is 0.797. The van der Waals surface area contributed by atoms with Crippen LogP contribution in [0.3, 0.4) is 0 Å². The molecule has 3 heteroatoms. The molecular formula is C14H22N2O. The fraction of sp³-hybridized carbons (Fsp3) is 0.571. The zero-order valence-corrected chi connectivity index (χ0v) is 10.8. The number of benzene rings is 1. The van der Waals surface area contributed by atoms with Crippen molar-refractivity contribution in [2.45, 2.75) is 25.8 Å². The van der Waals surface area contributed by atoms with Crippen LogP contribution >= 0.6 is 0 Å². The van der Waals surface area contributed by atoms with Crippen LogP contribution in [0.5, 0.6) is 0 Å². The summed E-state index contributed by atoms with van der Waals surface area (Å²) in [7, 11) is 0. The van der Waals surface area contributed by atoms with E-state index >= 15 is 0 Å². The second kappa shape index (κ2) is 5.07. The van der Waals surface area contributed by atoms with Crippen LogP contribution in [-0.4, -0.2) is 31.2 Å². The SMILES string of the molecule is CC(C)(c1cccc(N)c1)N1CCCOCC1. The number of hydrogen-bond donors (Lipinski definition) is 1. The van der Waals surface area contributed by atoms with E-state index in [-0.39, 0.29) is 5.54 Å². The molecule has 1 aliphatic heterocycles. The van der Waals surface area contributed by atoms with E-state index in [0.717, 1.165) is 38.4 Å².